The van der Waals surface area contributed by atoms with Gasteiger partial charge >= 0.3 is 0 Å². The summed E-state index contributed by atoms with van der Waals surface area (Å²) >= 11 is 10.6. The molecule has 0 radical (unpaired) electrons. The lowest BCUT2D eigenvalue weighted by Crippen LogP contribution is -2.43. The van der Waals surface area contributed by atoms with Crippen molar-refractivity contribution in [1.82, 2.24) is 15.8 Å². The Morgan fingerprint density at radius 1 is 1.14 bits per heavy atom. The van der Waals surface area contributed by atoms with Gasteiger partial charge in [0, 0.05) is 11.9 Å². The number of thiocarbonyl (C=S) groups is 1. The zero-order chi connectivity index (χ0) is 15.2. The predicted octanol–water partition coefficient (Wildman–Crippen LogP) is 2.51. The minimum Gasteiger partial charge on any atom is -0.331 e. The fraction of sp³-hybridized carbons (Fsp3) is 0. The molecule has 1 aromatic carbocycles. The van der Waals surface area contributed by atoms with Gasteiger partial charge in [0.2, 0.25) is 0 Å². The Kier molecular flexibility index (Phi) is 5.02. The fourth-order valence-electron chi connectivity index (χ4n) is 1.39. The highest BCUT2D eigenvalue weighted by molar-refractivity contribution is 7.80. The molecule has 0 bridgehead atoms. The zero-order valence-electron chi connectivity index (χ0n) is 10.6. The average Bonchev–Trinajstić information content (AvgIpc) is 2.48. The van der Waals surface area contributed by atoms with Crippen LogP contribution in [0.25, 0.3) is 0 Å². The van der Waals surface area contributed by atoms with Crippen molar-refractivity contribution in [3.05, 3.63) is 59.1 Å². The van der Waals surface area contributed by atoms with E-state index in [0.29, 0.717) is 16.4 Å². The summed E-state index contributed by atoms with van der Waals surface area (Å²) in [6.45, 7) is 0. The van der Waals surface area contributed by atoms with E-state index in [1.807, 2.05) is 0 Å². The predicted molar refractivity (Wildman–Crippen MR) is 82.5 cm³/mol. The van der Waals surface area contributed by atoms with Crippen LogP contribution in [-0.4, -0.2) is 16.0 Å². The molecular formula is C13H10ClFN4OS. The summed E-state index contributed by atoms with van der Waals surface area (Å²) < 4.78 is 12.7. The molecule has 1 heterocycles. The van der Waals surface area contributed by atoms with Crippen molar-refractivity contribution in [2.24, 2.45) is 0 Å². The summed E-state index contributed by atoms with van der Waals surface area (Å²) in [5.74, 6) is -0.759. The van der Waals surface area contributed by atoms with Crippen LogP contribution in [0.5, 0.6) is 0 Å². The van der Waals surface area contributed by atoms with Crippen LogP contribution < -0.4 is 16.2 Å². The minimum atomic E-state index is -0.414. The first kappa shape index (κ1) is 15.1. The number of aromatic nitrogens is 1. The van der Waals surface area contributed by atoms with Gasteiger partial charge in [-0.15, -0.1) is 0 Å². The summed E-state index contributed by atoms with van der Waals surface area (Å²) in [5.41, 5.74) is 5.85. The molecular weight excluding hydrogens is 315 g/mol. The Labute approximate surface area is 130 Å². The van der Waals surface area contributed by atoms with Crippen LogP contribution >= 0.6 is 23.8 Å². The van der Waals surface area contributed by atoms with Crippen molar-refractivity contribution >= 4 is 40.5 Å². The molecule has 21 heavy (non-hydrogen) atoms. The maximum absolute atomic E-state index is 12.7. The number of rotatable bonds is 2. The molecule has 0 aliphatic carbocycles. The number of anilines is 1. The van der Waals surface area contributed by atoms with Gasteiger partial charge in [0.1, 0.15) is 11.0 Å². The number of hydrogen-bond acceptors (Lipinski definition) is 3. The van der Waals surface area contributed by atoms with Gasteiger partial charge < -0.3 is 5.32 Å². The van der Waals surface area contributed by atoms with Gasteiger partial charge in [-0.05, 0) is 48.6 Å². The molecule has 0 atom stereocenters. The number of amides is 1. The number of halogens is 2. The van der Waals surface area contributed by atoms with Gasteiger partial charge in [0.15, 0.2) is 5.11 Å². The van der Waals surface area contributed by atoms with Crippen LogP contribution in [0.4, 0.5) is 10.1 Å². The lowest BCUT2D eigenvalue weighted by Gasteiger charge is -2.11. The number of pyridine rings is 1. The molecule has 1 amide bonds. The molecule has 0 aliphatic rings. The van der Waals surface area contributed by atoms with E-state index in [1.165, 1.54) is 42.6 Å². The third-order valence-electron chi connectivity index (χ3n) is 2.38. The Bertz CT molecular complexity index is 648. The first-order valence-electron chi connectivity index (χ1n) is 5.79. The molecule has 1 aromatic heterocycles. The largest absolute Gasteiger partial charge is 0.331 e. The van der Waals surface area contributed by atoms with E-state index in [4.69, 9.17) is 23.8 Å². The molecule has 8 heteroatoms. The molecule has 3 N–H and O–H groups in total. The Hall–Kier alpha value is -2.25. The maximum atomic E-state index is 12.7. The van der Waals surface area contributed by atoms with Gasteiger partial charge in [0.25, 0.3) is 5.91 Å². The molecule has 0 saturated carbocycles. The molecule has 108 valence electrons. The quantitative estimate of drug-likeness (QED) is 0.450. The summed E-state index contributed by atoms with van der Waals surface area (Å²) in [7, 11) is 0. The van der Waals surface area contributed by atoms with Crippen LogP contribution in [0.1, 0.15) is 10.4 Å². The van der Waals surface area contributed by atoms with Crippen molar-refractivity contribution in [3.8, 4) is 0 Å². The van der Waals surface area contributed by atoms with Crippen molar-refractivity contribution in [1.29, 1.82) is 0 Å². The van der Waals surface area contributed by atoms with Crippen LogP contribution in [0.15, 0.2) is 42.6 Å². The SMILES string of the molecule is O=C(NNC(=S)Nc1ccc(F)cc1)c1ccc(Cl)nc1. The molecule has 0 spiro atoms. The van der Waals surface area contributed by atoms with Gasteiger partial charge in [-0.3, -0.25) is 15.6 Å². The summed E-state index contributed by atoms with van der Waals surface area (Å²) in [4.78, 5) is 15.6. The van der Waals surface area contributed by atoms with E-state index in [9.17, 15) is 9.18 Å². The van der Waals surface area contributed by atoms with E-state index in [2.05, 4.69) is 21.2 Å². The van der Waals surface area contributed by atoms with E-state index in [1.54, 1.807) is 0 Å². The smallest absolute Gasteiger partial charge is 0.271 e. The molecule has 2 rings (SSSR count). The first-order chi connectivity index (χ1) is 10.0. The standard InChI is InChI=1S/C13H10ClFN4OS/c14-11-6-1-8(7-16-11)12(20)18-19-13(21)17-10-4-2-9(15)3-5-10/h1-7H,(H,18,20)(H2,17,19,21). The van der Waals surface area contributed by atoms with E-state index < -0.39 is 5.91 Å². The van der Waals surface area contributed by atoms with Crippen LogP contribution in [0.2, 0.25) is 5.15 Å². The lowest BCUT2D eigenvalue weighted by molar-refractivity contribution is 0.0944. The average molecular weight is 325 g/mol. The highest BCUT2D eigenvalue weighted by Gasteiger charge is 2.06. The first-order valence-corrected chi connectivity index (χ1v) is 6.57. The molecule has 0 unspecified atom stereocenters. The summed E-state index contributed by atoms with van der Waals surface area (Å²) in [6.07, 6.45) is 1.34. The Morgan fingerprint density at radius 3 is 2.48 bits per heavy atom. The van der Waals surface area contributed by atoms with Crippen LogP contribution in [-0.2, 0) is 0 Å². The van der Waals surface area contributed by atoms with E-state index in [-0.39, 0.29) is 10.9 Å². The number of carbonyl (C=O) groups is 1. The summed E-state index contributed by atoms with van der Waals surface area (Å²) in [6, 6.07) is 8.67. The molecule has 5 nitrogen and oxygen atoms in total. The highest BCUT2D eigenvalue weighted by atomic mass is 35.5. The molecule has 0 aliphatic heterocycles. The Morgan fingerprint density at radius 2 is 1.86 bits per heavy atom. The number of carbonyl (C=O) groups excluding carboxylic acids is 1. The van der Waals surface area contributed by atoms with Gasteiger partial charge in [-0.1, -0.05) is 11.6 Å². The molecule has 0 saturated heterocycles. The van der Waals surface area contributed by atoms with Crippen LogP contribution in [0.3, 0.4) is 0 Å². The fourth-order valence-corrected chi connectivity index (χ4v) is 1.67. The Balaban J connectivity index is 1.84. The zero-order valence-corrected chi connectivity index (χ0v) is 12.1. The summed E-state index contributed by atoms with van der Waals surface area (Å²) in [5, 5.41) is 3.25. The molecule has 2 aromatic rings. The van der Waals surface area contributed by atoms with Crippen molar-refractivity contribution < 1.29 is 9.18 Å². The van der Waals surface area contributed by atoms with Crippen molar-refractivity contribution in [2.45, 2.75) is 0 Å². The third-order valence-corrected chi connectivity index (χ3v) is 2.81. The number of hydrazine groups is 1. The van der Waals surface area contributed by atoms with E-state index in [0.717, 1.165) is 0 Å². The van der Waals surface area contributed by atoms with E-state index >= 15 is 0 Å². The number of benzene rings is 1. The lowest BCUT2D eigenvalue weighted by atomic mass is 10.3. The highest BCUT2D eigenvalue weighted by Crippen LogP contribution is 2.08. The maximum Gasteiger partial charge on any atom is 0.271 e. The van der Waals surface area contributed by atoms with Crippen molar-refractivity contribution in [3.63, 3.8) is 0 Å². The van der Waals surface area contributed by atoms with Crippen LogP contribution in [0, 0.1) is 5.82 Å². The van der Waals surface area contributed by atoms with Crippen molar-refractivity contribution in [2.75, 3.05) is 5.32 Å². The third kappa shape index (κ3) is 4.66. The minimum absolute atomic E-state index is 0.164. The number of nitrogens with one attached hydrogen (secondary N) is 3. The van der Waals surface area contributed by atoms with Gasteiger partial charge in [-0.2, -0.15) is 0 Å². The normalized spacial score (nSPS) is 9.81. The topological polar surface area (TPSA) is 66.1 Å². The molecule has 0 fully saturated rings. The second-order valence-corrected chi connectivity index (χ2v) is 4.71. The van der Waals surface area contributed by atoms with Gasteiger partial charge in [0.05, 0.1) is 5.56 Å². The second-order valence-electron chi connectivity index (χ2n) is 3.91. The second kappa shape index (κ2) is 6.96. The number of nitrogens with zero attached hydrogens (tertiary/aromatic N) is 1. The monoisotopic (exact) mass is 324 g/mol. The number of hydrogen-bond donors (Lipinski definition) is 3. The van der Waals surface area contributed by atoms with Gasteiger partial charge in [-0.25, -0.2) is 9.37 Å².